The molecule has 1 aromatic rings. The van der Waals surface area contributed by atoms with E-state index in [9.17, 15) is 4.79 Å². The third-order valence-corrected chi connectivity index (χ3v) is 3.83. The molecule has 1 saturated carbocycles. The van der Waals surface area contributed by atoms with Crippen molar-refractivity contribution in [2.24, 2.45) is 11.7 Å². The van der Waals surface area contributed by atoms with Gasteiger partial charge in [0.2, 0.25) is 5.91 Å². The van der Waals surface area contributed by atoms with Crippen LogP contribution in [0.5, 0.6) is 5.75 Å². The van der Waals surface area contributed by atoms with Gasteiger partial charge in [-0.25, -0.2) is 0 Å². The van der Waals surface area contributed by atoms with Crippen molar-refractivity contribution in [3.63, 3.8) is 0 Å². The van der Waals surface area contributed by atoms with Gasteiger partial charge in [0.1, 0.15) is 5.75 Å². The molecule has 0 heterocycles. The molecular weight excluding hydrogens is 252 g/mol. The Morgan fingerprint density at radius 1 is 1.40 bits per heavy atom. The first-order valence-corrected chi connectivity index (χ1v) is 7.05. The third-order valence-electron chi connectivity index (χ3n) is 3.83. The molecule has 1 aliphatic rings. The topological polar surface area (TPSA) is 64.3 Å². The van der Waals surface area contributed by atoms with Crippen LogP contribution in [0, 0.1) is 5.92 Å². The van der Waals surface area contributed by atoms with E-state index in [0.717, 1.165) is 30.6 Å². The van der Waals surface area contributed by atoms with Gasteiger partial charge in [0.25, 0.3) is 0 Å². The lowest BCUT2D eigenvalue weighted by Crippen LogP contribution is -2.39. The van der Waals surface area contributed by atoms with Crippen molar-refractivity contribution in [3.05, 3.63) is 35.9 Å². The van der Waals surface area contributed by atoms with Crippen molar-refractivity contribution in [2.45, 2.75) is 25.3 Å². The Bertz CT molecular complexity index is 468. The van der Waals surface area contributed by atoms with E-state index in [1.165, 1.54) is 0 Å². The van der Waals surface area contributed by atoms with E-state index in [2.05, 4.69) is 5.32 Å². The zero-order valence-electron chi connectivity index (χ0n) is 11.8. The molecule has 0 radical (unpaired) electrons. The summed E-state index contributed by atoms with van der Waals surface area (Å²) in [5.74, 6) is 1.18. The maximum absolute atomic E-state index is 11.9. The highest BCUT2D eigenvalue weighted by atomic mass is 16.5. The van der Waals surface area contributed by atoms with E-state index in [4.69, 9.17) is 10.5 Å². The van der Waals surface area contributed by atoms with Gasteiger partial charge in [-0.3, -0.25) is 4.79 Å². The number of benzene rings is 1. The number of hydrogen-bond acceptors (Lipinski definition) is 3. The highest BCUT2D eigenvalue weighted by molar-refractivity contribution is 5.91. The van der Waals surface area contributed by atoms with Crippen LogP contribution in [-0.4, -0.2) is 25.6 Å². The lowest BCUT2D eigenvalue weighted by atomic mass is 10.0. The summed E-state index contributed by atoms with van der Waals surface area (Å²) in [7, 11) is 1.63. The summed E-state index contributed by atoms with van der Waals surface area (Å²) in [5.41, 5.74) is 6.69. The van der Waals surface area contributed by atoms with Crippen LogP contribution >= 0.6 is 0 Å². The van der Waals surface area contributed by atoms with Crippen LogP contribution in [0.1, 0.15) is 24.8 Å². The van der Waals surface area contributed by atoms with Crippen LogP contribution in [0.3, 0.4) is 0 Å². The van der Waals surface area contributed by atoms with E-state index < -0.39 is 0 Å². The average molecular weight is 274 g/mol. The Morgan fingerprint density at radius 3 is 2.80 bits per heavy atom. The van der Waals surface area contributed by atoms with E-state index in [1.807, 2.05) is 24.3 Å². The zero-order valence-corrected chi connectivity index (χ0v) is 11.8. The average Bonchev–Trinajstić information content (AvgIpc) is 2.92. The largest absolute Gasteiger partial charge is 0.497 e. The van der Waals surface area contributed by atoms with E-state index in [-0.39, 0.29) is 11.9 Å². The van der Waals surface area contributed by atoms with Crippen LogP contribution in [0.15, 0.2) is 30.3 Å². The molecule has 0 aromatic heterocycles. The number of hydrogen-bond donors (Lipinski definition) is 2. The van der Waals surface area contributed by atoms with Gasteiger partial charge >= 0.3 is 0 Å². The van der Waals surface area contributed by atoms with Gasteiger partial charge in [-0.1, -0.05) is 18.6 Å². The molecule has 4 heteroatoms. The predicted molar refractivity (Wildman–Crippen MR) is 80.4 cm³/mol. The number of rotatable bonds is 5. The molecule has 2 unspecified atom stereocenters. The number of methoxy groups -OCH3 is 1. The number of carbonyl (C=O) groups excluding carboxylic acids is 1. The monoisotopic (exact) mass is 274 g/mol. The van der Waals surface area contributed by atoms with Crippen molar-refractivity contribution < 1.29 is 9.53 Å². The minimum atomic E-state index is -0.0498. The smallest absolute Gasteiger partial charge is 0.244 e. The van der Waals surface area contributed by atoms with Crippen LogP contribution < -0.4 is 15.8 Å². The van der Waals surface area contributed by atoms with Gasteiger partial charge in [-0.05, 0) is 49.1 Å². The highest BCUT2D eigenvalue weighted by Crippen LogP contribution is 2.24. The molecule has 1 aromatic carbocycles. The van der Waals surface area contributed by atoms with Crippen LogP contribution in [0.25, 0.3) is 6.08 Å². The SMILES string of the molecule is COc1ccc(C=CC(=O)NC2CCCC2CN)cc1. The Hall–Kier alpha value is -1.81. The Balaban J connectivity index is 1.88. The Morgan fingerprint density at radius 2 is 2.15 bits per heavy atom. The number of carbonyl (C=O) groups is 1. The second kappa shape index (κ2) is 7.10. The molecule has 4 nitrogen and oxygen atoms in total. The summed E-state index contributed by atoms with van der Waals surface area (Å²) >= 11 is 0. The minimum absolute atomic E-state index is 0.0498. The first-order chi connectivity index (χ1) is 9.72. The molecule has 1 fully saturated rings. The van der Waals surface area contributed by atoms with Crippen molar-refractivity contribution in [1.82, 2.24) is 5.32 Å². The number of nitrogens with two attached hydrogens (primary N) is 1. The first kappa shape index (κ1) is 14.6. The van der Waals surface area contributed by atoms with Crippen molar-refractivity contribution in [3.8, 4) is 5.75 Å². The summed E-state index contributed by atoms with van der Waals surface area (Å²) in [5, 5.41) is 3.04. The molecule has 0 aliphatic heterocycles. The molecule has 1 amide bonds. The summed E-state index contributed by atoms with van der Waals surface area (Å²) in [6.07, 6.45) is 6.68. The highest BCUT2D eigenvalue weighted by Gasteiger charge is 2.26. The van der Waals surface area contributed by atoms with Gasteiger partial charge < -0.3 is 15.8 Å². The van der Waals surface area contributed by atoms with Gasteiger partial charge in [-0.2, -0.15) is 0 Å². The standard InChI is InChI=1S/C16H22N2O2/c1-20-14-8-5-12(6-9-14)7-10-16(19)18-15-4-2-3-13(15)11-17/h5-10,13,15H,2-4,11,17H2,1H3,(H,18,19). The van der Waals surface area contributed by atoms with Gasteiger partial charge in [0.05, 0.1) is 7.11 Å². The third kappa shape index (κ3) is 3.84. The zero-order chi connectivity index (χ0) is 14.4. The van der Waals surface area contributed by atoms with Crippen LogP contribution in [0.2, 0.25) is 0 Å². The molecule has 108 valence electrons. The predicted octanol–water partition coefficient (Wildman–Crippen LogP) is 1.95. The first-order valence-electron chi connectivity index (χ1n) is 7.05. The molecule has 0 saturated heterocycles. The van der Waals surface area contributed by atoms with Crippen LogP contribution in [0.4, 0.5) is 0 Å². The van der Waals surface area contributed by atoms with Gasteiger partial charge in [0, 0.05) is 12.1 Å². The minimum Gasteiger partial charge on any atom is -0.497 e. The maximum atomic E-state index is 11.9. The number of ether oxygens (including phenoxy) is 1. The van der Waals surface area contributed by atoms with Gasteiger partial charge in [-0.15, -0.1) is 0 Å². The number of amides is 1. The van der Waals surface area contributed by atoms with Crippen molar-refractivity contribution >= 4 is 12.0 Å². The molecule has 3 N–H and O–H groups in total. The lowest BCUT2D eigenvalue weighted by molar-refractivity contribution is -0.117. The fraction of sp³-hybridized carbons (Fsp3) is 0.438. The molecule has 1 aliphatic carbocycles. The van der Waals surface area contributed by atoms with Crippen molar-refractivity contribution in [2.75, 3.05) is 13.7 Å². The summed E-state index contributed by atoms with van der Waals surface area (Å²) in [6.45, 7) is 0.646. The van der Waals surface area contributed by atoms with Crippen molar-refractivity contribution in [1.29, 1.82) is 0 Å². The fourth-order valence-electron chi connectivity index (χ4n) is 2.63. The maximum Gasteiger partial charge on any atom is 0.244 e. The van der Waals surface area contributed by atoms with E-state index in [0.29, 0.717) is 12.5 Å². The van der Waals surface area contributed by atoms with Crippen LogP contribution in [-0.2, 0) is 4.79 Å². The summed E-state index contributed by atoms with van der Waals surface area (Å²) in [6, 6.07) is 7.81. The molecule has 0 spiro atoms. The molecule has 2 atom stereocenters. The fourth-order valence-corrected chi connectivity index (χ4v) is 2.63. The molecule has 0 bridgehead atoms. The quantitative estimate of drug-likeness (QED) is 0.807. The van der Waals surface area contributed by atoms with E-state index >= 15 is 0 Å². The Labute approximate surface area is 120 Å². The molecule has 20 heavy (non-hydrogen) atoms. The second-order valence-corrected chi connectivity index (χ2v) is 5.15. The normalized spacial score (nSPS) is 22.1. The van der Waals surface area contributed by atoms with E-state index in [1.54, 1.807) is 19.3 Å². The molecule has 2 rings (SSSR count). The second-order valence-electron chi connectivity index (χ2n) is 5.15. The summed E-state index contributed by atoms with van der Waals surface area (Å²) in [4.78, 5) is 11.9. The summed E-state index contributed by atoms with van der Waals surface area (Å²) < 4.78 is 5.09. The van der Waals surface area contributed by atoms with Gasteiger partial charge in [0.15, 0.2) is 0 Å². The Kier molecular flexibility index (Phi) is 5.18. The lowest BCUT2D eigenvalue weighted by Gasteiger charge is -2.18. The number of nitrogens with one attached hydrogen (secondary N) is 1. The molecular formula is C16H22N2O2.